The maximum absolute atomic E-state index is 12.6. The van der Waals surface area contributed by atoms with Crippen molar-refractivity contribution in [2.75, 3.05) is 24.5 Å². The van der Waals surface area contributed by atoms with E-state index in [0.29, 0.717) is 29.6 Å². The van der Waals surface area contributed by atoms with Gasteiger partial charge in [-0.2, -0.15) is 0 Å². The number of aromatic nitrogens is 2. The third kappa shape index (κ3) is 5.85. The molecule has 0 radical (unpaired) electrons. The van der Waals surface area contributed by atoms with Crippen LogP contribution in [0.2, 0.25) is 5.02 Å². The molecule has 1 aliphatic heterocycles. The fourth-order valence-electron chi connectivity index (χ4n) is 3.74. The van der Waals surface area contributed by atoms with Crippen molar-refractivity contribution in [1.29, 1.82) is 0 Å². The van der Waals surface area contributed by atoms with E-state index in [9.17, 15) is 4.79 Å². The highest BCUT2D eigenvalue weighted by Gasteiger charge is 2.28. The monoisotopic (exact) mass is 430 g/mol. The van der Waals surface area contributed by atoms with Crippen LogP contribution in [0.1, 0.15) is 51.5 Å². The Hall–Kier alpha value is -2.34. The molecule has 7 heteroatoms. The number of nitrogens with zero attached hydrogens (tertiary/aromatic N) is 4. The lowest BCUT2D eigenvalue weighted by Crippen LogP contribution is -2.54. The molecule has 0 bridgehead atoms. The van der Waals surface area contributed by atoms with Crippen LogP contribution in [0, 0.1) is 6.92 Å². The van der Waals surface area contributed by atoms with Gasteiger partial charge in [-0.05, 0) is 38.0 Å². The summed E-state index contributed by atoms with van der Waals surface area (Å²) >= 11 is 6.24. The summed E-state index contributed by atoms with van der Waals surface area (Å²) in [4.78, 5) is 25.4. The number of benzene rings is 1. The van der Waals surface area contributed by atoms with E-state index < -0.39 is 0 Å². The standard InChI is InChI=1S/C23H31ClN4O2/c1-4-5-6-7-8-23(29)28-12-11-27(15-18(28)3)21-14-22(26-16-25-21)30-20-13-17(2)9-10-19(20)24/h9-10,13-14,16,18H,4-8,11-12,15H2,1-3H3/t18-/m1/s1. The minimum atomic E-state index is 0.142. The number of amides is 1. The summed E-state index contributed by atoms with van der Waals surface area (Å²) in [6.45, 7) is 8.46. The Bertz CT molecular complexity index is 861. The van der Waals surface area contributed by atoms with E-state index in [4.69, 9.17) is 16.3 Å². The molecule has 0 spiro atoms. The Morgan fingerprint density at radius 1 is 1.20 bits per heavy atom. The van der Waals surface area contributed by atoms with Crippen LogP contribution >= 0.6 is 11.6 Å². The molecule has 6 nitrogen and oxygen atoms in total. The molecule has 0 N–H and O–H groups in total. The van der Waals surface area contributed by atoms with E-state index >= 15 is 0 Å². The Labute approximate surface area is 184 Å². The van der Waals surface area contributed by atoms with E-state index in [1.807, 2.05) is 36.1 Å². The van der Waals surface area contributed by atoms with Crippen LogP contribution in [-0.2, 0) is 4.79 Å². The largest absolute Gasteiger partial charge is 0.437 e. The van der Waals surface area contributed by atoms with Crippen molar-refractivity contribution < 1.29 is 9.53 Å². The molecule has 30 heavy (non-hydrogen) atoms. The summed E-state index contributed by atoms with van der Waals surface area (Å²) in [7, 11) is 0. The first kappa shape index (κ1) is 22.3. The molecule has 1 saturated heterocycles. The summed E-state index contributed by atoms with van der Waals surface area (Å²) in [5, 5.41) is 0.542. The number of ether oxygens (including phenoxy) is 1. The number of halogens is 1. The number of piperazine rings is 1. The molecule has 1 aliphatic rings. The molecule has 1 fully saturated rings. The van der Waals surface area contributed by atoms with Gasteiger partial charge in [0.25, 0.3) is 0 Å². The molecule has 2 heterocycles. The molecule has 1 aromatic heterocycles. The van der Waals surface area contributed by atoms with Crippen LogP contribution in [0.5, 0.6) is 11.6 Å². The van der Waals surface area contributed by atoms with Gasteiger partial charge in [0.15, 0.2) is 0 Å². The zero-order valence-corrected chi connectivity index (χ0v) is 18.9. The van der Waals surface area contributed by atoms with Crippen molar-refractivity contribution in [1.82, 2.24) is 14.9 Å². The minimum absolute atomic E-state index is 0.142. The normalized spacial score (nSPS) is 16.6. The first-order valence-electron chi connectivity index (χ1n) is 10.8. The quantitative estimate of drug-likeness (QED) is 0.536. The SMILES string of the molecule is CCCCCCC(=O)N1CCN(c2cc(Oc3cc(C)ccc3Cl)ncn2)C[C@H]1C. The zero-order chi connectivity index (χ0) is 21.5. The van der Waals surface area contributed by atoms with Crippen LogP contribution in [0.15, 0.2) is 30.6 Å². The Kier molecular flexibility index (Phi) is 7.91. The first-order chi connectivity index (χ1) is 14.5. The number of rotatable bonds is 8. The zero-order valence-electron chi connectivity index (χ0n) is 18.1. The van der Waals surface area contributed by atoms with Gasteiger partial charge in [-0.15, -0.1) is 0 Å². The Morgan fingerprint density at radius 2 is 2.03 bits per heavy atom. The molecule has 1 aromatic carbocycles. The number of unbranched alkanes of at least 4 members (excludes halogenated alkanes) is 3. The summed E-state index contributed by atoms with van der Waals surface area (Å²) < 4.78 is 5.90. The fraction of sp³-hybridized carbons (Fsp3) is 0.522. The molecule has 2 aromatic rings. The number of hydrogen-bond donors (Lipinski definition) is 0. The lowest BCUT2D eigenvalue weighted by molar-refractivity contribution is -0.133. The highest BCUT2D eigenvalue weighted by molar-refractivity contribution is 6.32. The van der Waals surface area contributed by atoms with Gasteiger partial charge in [0.05, 0.1) is 5.02 Å². The van der Waals surface area contributed by atoms with E-state index in [2.05, 4.69) is 28.7 Å². The van der Waals surface area contributed by atoms with Crippen molar-refractivity contribution in [3.8, 4) is 11.6 Å². The topological polar surface area (TPSA) is 58.6 Å². The molecule has 1 amide bonds. The van der Waals surface area contributed by atoms with Gasteiger partial charge in [-0.25, -0.2) is 9.97 Å². The second-order valence-electron chi connectivity index (χ2n) is 7.94. The summed E-state index contributed by atoms with van der Waals surface area (Å²) in [6, 6.07) is 7.61. The van der Waals surface area contributed by atoms with Gasteiger partial charge < -0.3 is 14.5 Å². The maximum atomic E-state index is 12.6. The summed E-state index contributed by atoms with van der Waals surface area (Å²) in [5.74, 6) is 2.09. The number of hydrogen-bond acceptors (Lipinski definition) is 5. The number of aryl methyl sites for hydroxylation is 1. The minimum Gasteiger partial charge on any atom is -0.437 e. The van der Waals surface area contributed by atoms with Gasteiger partial charge in [-0.3, -0.25) is 4.79 Å². The Morgan fingerprint density at radius 3 is 2.80 bits per heavy atom. The van der Waals surface area contributed by atoms with Crippen molar-refractivity contribution in [3.05, 3.63) is 41.2 Å². The van der Waals surface area contributed by atoms with Gasteiger partial charge >= 0.3 is 0 Å². The number of carbonyl (C=O) groups is 1. The lowest BCUT2D eigenvalue weighted by Gasteiger charge is -2.40. The van der Waals surface area contributed by atoms with Crippen molar-refractivity contribution in [2.24, 2.45) is 0 Å². The Balaban J connectivity index is 1.60. The third-order valence-electron chi connectivity index (χ3n) is 5.44. The van der Waals surface area contributed by atoms with Crippen LogP contribution in [0.25, 0.3) is 0 Å². The summed E-state index contributed by atoms with van der Waals surface area (Å²) in [6.07, 6.45) is 6.64. The predicted octanol–water partition coefficient (Wildman–Crippen LogP) is 5.24. The van der Waals surface area contributed by atoms with E-state index in [1.54, 1.807) is 0 Å². The van der Waals surface area contributed by atoms with Gasteiger partial charge in [-0.1, -0.05) is 43.9 Å². The van der Waals surface area contributed by atoms with Crippen molar-refractivity contribution in [3.63, 3.8) is 0 Å². The van der Waals surface area contributed by atoms with Gasteiger partial charge in [0, 0.05) is 38.2 Å². The van der Waals surface area contributed by atoms with E-state index in [1.165, 1.54) is 19.2 Å². The first-order valence-corrected chi connectivity index (χ1v) is 11.2. The van der Waals surface area contributed by atoms with Gasteiger partial charge in [0.1, 0.15) is 17.9 Å². The van der Waals surface area contributed by atoms with Crippen molar-refractivity contribution in [2.45, 2.75) is 58.9 Å². The molecule has 0 aliphatic carbocycles. The third-order valence-corrected chi connectivity index (χ3v) is 5.76. The van der Waals surface area contributed by atoms with Crippen LogP contribution in [0.3, 0.4) is 0 Å². The van der Waals surface area contributed by atoms with Crippen LogP contribution < -0.4 is 9.64 Å². The molecule has 3 rings (SSSR count). The average Bonchev–Trinajstić information content (AvgIpc) is 2.74. The molecule has 0 saturated carbocycles. The van der Waals surface area contributed by atoms with Crippen molar-refractivity contribution >= 4 is 23.3 Å². The molecule has 1 atom stereocenters. The lowest BCUT2D eigenvalue weighted by atomic mass is 10.1. The van der Waals surface area contributed by atoms with E-state index in [0.717, 1.165) is 37.3 Å². The second-order valence-corrected chi connectivity index (χ2v) is 8.35. The molecular weight excluding hydrogens is 400 g/mol. The predicted molar refractivity (Wildman–Crippen MR) is 120 cm³/mol. The number of carbonyl (C=O) groups excluding carboxylic acids is 1. The van der Waals surface area contributed by atoms with Gasteiger partial charge in [0.2, 0.25) is 11.8 Å². The second kappa shape index (κ2) is 10.6. The van der Waals surface area contributed by atoms with E-state index in [-0.39, 0.29) is 11.9 Å². The molecule has 162 valence electrons. The number of anilines is 1. The summed E-state index contributed by atoms with van der Waals surface area (Å²) in [5.41, 5.74) is 1.06. The molecular formula is C23H31ClN4O2. The van der Waals surface area contributed by atoms with Crippen LogP contribution in [-0.4, -0.2) is 46.5 Å². The molecule has 0 unspecified atom stereocenters. The fourth-order valence-corrected chi connectivity index (χ4v) is 3.90. The highest BCUT2D eigenvalue weighted by atomic mass is 35.5. The average molecular weight is 431 g/mol. The maximum Gasteiger partial charge on any atom is 0.224 e. The van der Waals surface area contributed by atoms with Crippen LogP contribution in [0.4, 0.5) is 5.82 Å². The smallest absolute Gasteiger partial charge is 0.224 e. The highest BCUT2D eigenvalue weighted by Crippen LogP contribution is 2.30.